The van der Waals surface area contributed by atoms with Crippen LogP contribution in [0.2, 0.25) is 5.02 Å². The first kappa shape index (κ1) is 20.2. The van der Waals surface area contributed by atoms with Crippen molar-refractivity contribution in [2.75, 3.05) is 13.4 Å². The first-order valence-electron chi connectivity index (χ1n) is 7.80. The number of rotatable bonds is 5. The lowest BCUT2D eigenvalue weighted by Gasteiger charge is -2.09. The molecule has 2 aromatic carbocycles. The molecule has 28 heavy (non-hydrogen) atoms. The normalized spacial score (nSPS) is 11.6. The van der Waals surface area contributed by atoms with Crippen LogP contribution in [0.15, 0.2) is 39.8 Å². The molecule has 0 atom stereocenters. The van der Waals surface area contributed by atoms with Gasteiger partial charge in [0.25, 0.3) is 0 Å². The second kappa shape index (κ2) is 7.50. The van der Waals surface area contributed by atoms with Gasteiger partial charge in [-0.25, -0.2) is 17.2 Å². The summed E-state index contributed by atoms with van der Waals surface area (Å²) < 4.78 is 62.1. The van der Waals surface area contributed by atoms with Crippen LogP contribution < -0.4 is 4.74 Å². The molecule has 0 saturated heterocycles. The van der Waals surface area contributed by atoms with E-state index in [2.05, 4.69) is 5.16 Å². The van der Waals surface area contributed by atoms with Gasteiger partial charge in [-0.1, -0.05) is 16.8 Å². The summed E-state index contributed by atoms with van der Waals surface area (Å²) >= 11 is 6.12. The second-order valence-corrected chi connectivity index (χ2v) is 8.24. The number of benzene rings is 2. The van der Waals surface area contributed by atoms with Crippen LogP contribution in [0.1, 0.15) is 5.76 Å². The van der Waals surface area contributed by atoms with Crippen molar-refractivity contribution in [3.05, 3.63) is 52.7 Å². The molecule has 0 aliphatic rings. The van der Waals surface area contributed by atoms with Gasteiger partial charge in [0.1, 0.15) is 34.6 Å². The zero-order chi connectivity index (χ0) is 20.6. The number of hydrogen-bond donors (Lipinski definition) is 1. The Kier molecular flexibility index (Phi) is 5.42. The number of aromatic nitrogens is 1. The molecule has 1 heterocycles. The topological polar surface area (TPSA) is 89.6 Å². The van der Waals surface area contributed by atoms with Crippen LogP contribution in [0.5, 0.6) is 5.75 Å². The van der Waals surface area contributed by atoms with Gasteiger partial charge in [-0.15, -0.1) is 0 Å². The molecule has 0 amide bonds. The number of aliphatic hydroxyl groups excluding tert-OH is 1. The minimum atomic E-state index is -4.11. The standard InChI is InChI=1S/C18H14ClF2NO5S/c1-26-14-4-3-9(5-11(14)19)17-16(15(8-23)27-22-17)10-6-12(20)18(13(21)7-10)28(2,24)25/h3-7,23H,8H2,1-2H3. The van der Waals surface area contributed by atoms with E-state index < -0.39 is 33.0 Å². The molecule has 0 radical (unpaired) electrons. The molecule has 6 nitrogen and oxygen atoms in total. The molecule has 0 spiro atoms. The Labute approximate surface area is 164 Å². The summed E-state index contributed by atoms with van der Waals surface area (Å²) in [5.74, 6) is -2.16. The maximum Gasteiger partial charge on any atom is 0.181 e. The molecule has 0 aliphatic carbocycles. The Morgan fingerprint density at radius 1 is 1.18 bits per heavy atom. The summed E-state index contributed by atoms with van der Waals surface area (Å²) in [4.78, 5) is -1.03. The quantitative estimate of drug-likeness (QED) is 0.662. The summed E-state index contributed by atoms with van der Waals surface area (Å²) in [6.07, 6.45) is 0.706. The maximum atomic E-state index is 14.4. The summed E-state index contributed by atoms with van der Waals surface area (Å²) in [5.41, 5.74) is 0.674. The minimum absolute atomic E-state index is 0.0466. The summed E-state index contributed by atoms with van der Waals surface area (Å²) in [6, 6.07) is 6.38. The lowest BCUT2D eigenvalue weighted by molar-refractivity contribution is 0.230. The van der Waals surface area contributed by atoms with Crippen molar-refractivity contribution in [3.8, 4) is 28.1 Å². The second-order valence-electron chi connectivity index (χ2n) is 5.88. The predicted molar refractivity (Wildman–Crippen MR) is 97.9 cm³/mol. The fraction of sp³-hybridized carbons (Fsp3) is 0.167. The highest BCUT2D eigenvalue weighted by molar-refractivity contribution is 7.90. The first-order valence-corrected chi connectivity index (χ1v) is 10.1. The third-order valence-corrected chi connectivity index (χ3v) is 5.42. The molecule has 0 unspecified atom stereocenters. The SMILES string of the molecule is COc1ccc(-c2noc(CO)c2-c2cc(F)c(S(C)(=O)=O)c(F)c2)cc1Cl. The summed E-state index contributed by atoms with van der Waals surface area (Å²) in [7, 11) is -2.67. The van der Waals surface area contributed by atoms with E-state index in [4.69, 9.17) is 20.9 Å². The third-order valence-electron chi connectivity index (χ3n) is 3.99. The Morgan fingerprint density at radius 3 is 2.32 bits per heavy atom. The molecule has 3 aromatic rings. The molecule has 1 N–H and O–H groups in total. The molecule has 1 aromatic heterocycles. The van der Waals surface area contributed by atoms with Crippen LogP contribution in [0.4, 0.5) is 8.78 Å². The average Bonchev–Trinajstić information content (AvgIpc) is 3.03. The average molecular weight is 430 g/mol. The molecular weight excluding hydrogens is 416 g/mol. The van der Waals surface area contributed by atoms with Gasteiger partial charge < -0.3 is 14.4 Å². The van der Waals surface area contributed by atoms with Crippen LogP contribution in [-0.2, 0) is 16.4 Å². The van der Waals surface area contributed by atoms with Crippen molar-refractivity contribution in [2.24, 2.45) is 0 Å². The molecule has 0 bridgehead atoms. The van der Waals surface area contributed by atoms with Gasteiger partial charge in [0.2, 0.25) is 0 Å². The first-order chi connectivity index (χ1) is 13.2. The highest BCUT2D eigenvalue weighted by atomic mass is 35.5. The van der Waals surface area contributed by atoms with Crippen molar-refractivity contribution in [3.63, 3.8) is 0 Å². The number of halogens is 3. The van der Waals surface area contributed by atoms with Crippen LogP contribution >= 0.6 is 11.6 Å². The Hall–Kier alpha value is -2.49. The van der Waals surface area contributed by atoms with Crippen molar-refractivity contribution in [1.29, 1.82) is 0 Å². The van der Waals surface area contributed by atoms with E-state index in [1.807, 2.05) is 0 Å². The third kappa shape index (κ3) is 3.60. The Bertz CT molecular complexity index is 1140. The minimum Gasteiger partial charge on any atom is -0.495 e. The summed E-state index contributed by atoms with van der Waals surface area (Å²) in [5, 5.41) is 13.7. The number of sulfone groups is 1. The van der Waals surface area contributed by atoms with Gasteiger partial charge in [0.15, 0.2) is 15.6 Å². The molecule has 0 saturated carbocycles. The molecule has 148 valence electrons. The van der Waals surface area contributed by atoms with Gasteiger partial charge in [0, 0.05) is 11.8 Å². The number of aliphatic hydroxyl groups is 1. The molecule has 10 heteroatoms. The van der Waals surface area contributed by atoms with Crippen LogP contribution in [0.25, 0.3) is 22.4 Å². The van der Waals surface area contributed by atoms with E-state index in [9.17, 15) is 22.3 Å². The van der Waals surface area contributed by atoms with Crippen molar-refractivity contribution in [2.45, 2.75) is 11.5 Å². The number of ether oxygens (including phenoxy) is 1. The lowest BCUT2D eigenvalue weighted by Crippen LogP contribution is -2.05. The van der Waals surface area contributed by atoms with Crippen molar-refractivity contribution < 1.29 is 31.6 Å². The fourth-order valence-corrected chi connectivity index (χ4v) is 3.88. The maximum absolute atomic E-state index is 14.4. The molecular formula is C18H14ClF2NO5S. The van der Waals surface area contributed by atoms with Crippen LogP contribution in [0, 0.1) is 11.6 Å². The Balaban J connectivity index is 2.24. The largest absolute Gasteiger partial charge is 0.495 e. The number of hydrogen-bond acceptors (Lipinski definition) is 6. The van der Waals surface area contributed by atoms with E-state index in [1.165, 1.54) is 13.2 Å². The van der Waals surface area contributed by atoms with E-state index in [-0.39, 0.29) is 27.6 Å². The van der Waals surface area contributed by atoms with E-state index >= 15 is 0 Å². The predicted octanol–water partition coefficient (Wildman–Crippen LogP) is 3.84. The van der Waals surface area contributed by atoms with Gasteiger partial charge in [0.05, 0.1) is 17.7 Å². The van der Waals surface area contributed by atoms with E-state index in [0.717, 1.165) is 12.1 Å². The van der Waals surface area contributed by atoms with Crippen molar-refractivity contribution in [1.82, 2.24) is 5.16 Å². The van der Waals surface area contributed by atoms with Crippen molar-refractivity contribution >= 4 is 21.4 Å². The Morgan fingerprint density at radius 2 is 1.82 bits per heavy atom. The van der Waals surface area contributed by atoms with E-state index in [0.29, 0.717) is 17.6 Å². The zero-order valence-electron chi connectivity index (χ0n) is 14.7. The number of methoxy groups -OCH3 is 1. The highest BCUT2D eigenvalue weighted by Gasteiger charge is 2.25. The number of nitrogens with zero attached hydrogens (tertiary/aromatic N) is 1. The van der Waals surface area contributed by atoms with E-state index in [1.54, 1.807) is 12.1 Å². The highest BCUT2D eigenvalue weighted by Crippen LogP contribution is 2.38. The smallest absolute Gasteiger partial charge is 0.181 e. The lowest BCUT2D eigenvalue weighted by atomic mass is 9.99. The molecule has 0 aliphatic heterocycles. The van der Waals surface area contributed by atoms with Gasteiger partial charge >= 0.3 is 0 Å². The molecule has 0 fully saturated rings. The van der Waals surface area contributed by atoms with Gasteiger partial charge in [-0.05, 0) is 35.9 Å². The molecule has 3 rings (SSSR count). The van der Waals surface area contributed by atoms with Gasteiger partial charge in [-0.2, -0.15) is 0 Å². The van der Waals surface area contributed by atoms with Gasteiger partial charge in [-0.3, -0.25) is 0 Å². The van der Waals surface area contributed by atoms with Crippen LogP contribution in [-0.4, -0.2) is 32.0 Å². The fourth-order valence-electron chi connectivity index (χ4n) is 2.80. The zero-order valence-corrected chi connectivity index (χ0v) is 16.2. The summed E-state index contributed by atoms with van der Waals surface area (Å²) in [6.45, 7) is -0.594. The van der Waals surface area contributed by atoms with Crippen LogP contribution in [0.3, 0.4) is 0 Å². The monoisotopic (exact) mass is 429 g/mol.